The van der Waals surface area contributed by atoms with Crippen molar-refractivity contribution in [3.63, 3.8) is 0 Å². The van der Waals surface area contributed by atoms with E-state index in [1.165, 1.54) is 23.1 Å². The van der Waals surface area contributed by atoms with E-state index >= 15 is 0 Å². The Morgan fingerprint density at radius 1 is 0.933 bits per heavy atom. The van der Waals surface area contributed by atoms with Gasteiger partial charge < -0.3 is 0 Å². The van der Waals surface area contributed by atoms with Gasteiger partial charge in [-0.3, -0.25) is 9.59 Å². The van der Waals surface area contributed by atoms with Gasteiger partial charge in [0.05, 0.1) is 0 Å². The summed E-state index contributed by atoms with van der Waals surface area (Å²) < 4.78 is 0. The van der Waals surface area contributed by atoms with Gasteiger partial charge in [-0.25, -0.2) is 0 Å². The highest BCUT2D eigenvalue weighted by Crippen LogP contribution is 2.74. The van der Waals surface area contributed by atoms with Gasteiger partial charge >= 0.3 is 0 Å². The smallest absolute Gasteiger partial charge is 0.179 e. The molecule has 6 unspecified atom stereocenters. The molecule has 3 saturated carbocycles. The van der Waals surface area contributed by atoms with Gasteiger partial charge in [0.25, 0.3) is 0 Å². The number of hydrogen-bond donors (Lipinski definition) is 0. The fraction of sp³-hybridized carbons (Fsp3) is 0.643. The van der Waals surface area contributed by atoms with Gasteiger partial charge in [-0.2, -0.15) is 0 Å². The molecule has 5 aliphatic rings. The molecule has 160 valence electrons. The normalized spacial score (nSPS) is 47.7. The van der Waals surface area contributed by atoms with Crippen LogP contribution >= 0.6 is 0 Å². The first-order valence-corrected chi connectivity index (χ1v) is 11.9. The van der Waals surface area contributed by atoms with E-state index < -0.39 is 0 Å². The van der Waals surface area contributed by atoms with Gasteiger partial charge in [0.15, 0.2) is 5.78 Å². The van der Waals surface area contributed by atoms with Crippen molar-refractivity contribution in [2.45, 2.75) is 80.1 Å². The lowest BCUT2D eigenvalue weighted by Crippen LogP contribution is -2.61. The van der Waals surface area contributed by atoms with Crippen LogP contribution < -0.4 is 0 Å². The van der Waals surface area contributed by atoms with E-state index in [0.717, 1.165) is 37.7 Å². The molecule has 3 fully saturated rings. The second-order valence-corrected chi connectivity index (χ2v) is 12.0. The Morgan fingerprint density at radius 3 is 2.40 bits per heavy atom. The molecule has 0 aromatic heterocycles. The minimum absolute atomic E-state index is 0.0621. The fourth-order valence-corrected chi connectivity index (χ4v) is 8.37. The lowest BCUT2D eigenvalue weighted by molar-refractivity contribution is -0.161. The van der Waals surface area contributed by atoms with Crippen LogP contribution in [0.1, 0.15) is 80.1 Å². The zero-order valence-corrected chi connectivity index (χ0v) is 19.5. The monoisotopic (exact) mass is 404 g/mol. The van der Waals surface area contributed by atoms with Crippen molar-refractivity contribution in [2.75, 3.05) is 0 Å². The van der Waals surface area contributed by atoms with Crippen LogP contribution in [0.4, 0.5) is 0 Å². The highest BCUT2D eigenvalue weighted by atomic mass is 16.1. The van der Waals surface area contributed by atoms with Crippen molar-refractivity contribution in [1.29, 1.82) is 0 Å². The average molecular weight is 405 g/mol. The number of allylic oxidation sites excluding steroid dienone is 8. The number of Topliss-reactive ketones (excluding diaryl/α,β-unsaturated/α-hetero) is 1. The SMILES string of the molecule is CC1=CC(=O)C=C2C1=CC=C1C2(C)CCC2(C)C3CC(C)C(=O)CC3(C)CCC12C. The van der Waals surface area contributed by atoms with Gasteiger partial charge in [0, 0.05) is 17.8 Å². The topological polar surface area (TPSA) is 34.1 Å². The Bertz CT molecular complexity index is 990. The minimum atomic E-state index is -0.0621. The second kappa shape index (κ2) is 5.96. The Labute approximate surface area is 181 Å². The third kappa shape index (κ3) is 2.31. The average Bonchev–Trinajstić information content (AvgIpc) is 2.66. The molecule has 2 nitrogen and oxygen atoms in total. The van der Waals surface area contributed by atoms with Gasteiger partial charge in [0.1, 0.15) is 5.78 Å². The summed E-state index contributed by atoms with van der Waals surface area (Å²) in [7, 11) is 0. The van der Waals surface area contributed by atoms with Crippen LogP contribution in [0.25, 0.3) is 0 Å². The zero-order valence-electron chi connectivity index (χ0n) is 19.5. The van der Waals surface area contributed by atoms with Crippen LogP contribution in [0, 0.1) is 33.5 Å². The number of fused-ring (bicyclic) bond motifs is 7. The summed E-state index contributed by atoms with van der Waals surface area (Å²) in [6, 6.07) is 0. The zero-order chi connectivity index (χ0) is 21.7. The quantitative estimate of drug-likeness (QED) is 0.459. The number of hydrogen-bond acceptors (Lipinski definition) is 2. The molecule has 0 aromatic rings. The van der Waals surface area contributed by atoms with Crippen LogP contribution in [0.3, 0.4) is 0 Å². The van der Waals surface area contributed by atoms with Crippen molar-refractivity contribution in [1.82, 2.24) is 0 Å². The van der Waals surface area contributed by atoms with Crippen LogP contribution in [0.2, 0.25) is 0 Å². The van der Waals surface area contributed by atoms with E-state index in [-0.39, 0.29) is 33.4 Å². The number of ketones is 2. The first-order chi connectivity index (χ1) is 13.9. The summed E-state index contributed by atoms with van der Waals surface area (Å²) in [5.41, 5.74) is 5.51. The molecule has 0 N–H and O–H groups in total. The Kier molecular flexibility index (Phi) is 4.01. The van der Waals surface area contributed by atoms with Crippen LogP contribution in [0.5, 0.6) is 0 Å². The summed E-state index contributed by atoms with van der Waals surface area (Å²) in [5, 5.41) is 0. The minimum Gasteiger partial charge on any atom is -0.299 e. The maximum absolute atomic E-state index is 12.6. The summed E-state index contributed by atoms with van der Waals surface area (Å²) in [6.45, 7) is 14.0. The molecule has 6 atom stereocenters. The van der Waals surface area contributed by atoms with Gasteiger partial charge in [-0.1, -0.05) is 52.3 Å². The predicted octanol–water partition coefficient (Wildman–Crippen LogP) is 6.54. The Hall–Kier alpha value is -1.70. The van der Waals surface area contributed by atoms with Gasteiger partial charge in [0.2, 0.25) is 0 Å². The largest absolute Gasteiger partial charge is 0.299 e. The van der Waals surface area contributed by atoms with E-state index in [0.29, 0.717) is 11.7 Å². The highest BCUT2D eigenvalue weighted by Gasteiger charge is 2.66. The molecule has 0 radical (unpaired) electrons. The predicted molar refractivity (Wildman–Crippen MR) is 121 cm³/mol. The molecule has 0 bridgehead atoms. The Balaban J connectivity index is 1.65. The molecule has 0 saturated heterocycles. The van der Waals surface area contributed by atoms with Gasteiger partial charge in [-0.15, -0.1) is 0 Å². The molecule has 2 heteroatoms. The number of carbonyl (C=O) groups excluding carboxylic acids is 2. The summed E-state index contributed by atoms with van der Waals surface area (Å²) >= 11 is 0. The van der Waals surface area contributed by atoms with Crippen molar-refractivity contribution in [3.05, 3.63) is 46.6 Å². The third-order valence-electron chi connectivity index (χ3n) is 10.5. The molecule has 0 heterocycles. The van der Waals surface area contributed by atoms with E-state index in [4.69, 9.17) is 0 Å². The molecule has 0 aromatic carbocycles. The maximum Gasteiger partial charge on any atom is 0.179 e. The standard InChI is InChI=1S/C28H36O2/c1-17-13-19(29)15-21-20(17)7-8-23-26(21,4)10-12-28(6)24-14-18(2)22(30)16-25(24,3)9-11-27(23,28)5/h7-8,13,15,18,24H,9-12,14,16H2,1-6H3. The lowest BCUT2D eigenvalue weighted by atomic mass is 9.35. The Morgan fingerprint density at radius 2 is 1.67 bits per heavy atom. The van der Waals surface area contributed by atoms with Crippen LogP contribution in [0.15, 0.2) is 46.6 Å². The lowest BCUT2D eigenvalue weighted by Gasteiger charge is -2.69. The molecule has 0 amide bonds. The van der Waals surface area contributed by atoms with Gasteiger partial charge in [-0.05, 0) is 90.1 Å². The van der Waals surface area contributed by atoms with E-state index in [9.17, 15) is 9.59 Å². The molecule has 0 aliphatic heterocycles. The molecule has 5 rings (SSSR count). The third-order valence-corrected chi connectivity index (χ3v) is 10.5. The number of carbonyl (C=O) groups is 2. The first-order valence-electron chi connectivity index (χ1n) is 11.9. The van der Waals surface area contributed by atoms with E-state index in [1.807, 2.05) is 6.08 Å². The second-order valence-electron chi connectivity index (χ2n) is 12.0. The maximum atomic E-state index is 12.6. The van der Waals surface area contributed by atoms with Crippen molar-refractivity contribution in [3.8, 4) is 0 Å². The van der Waals surface area contributed by atoms with E-state index in [1.54, 1.807) is 6.08 Å². The van der Waals surface area contributed by atoms with Crippen LogP contribution in [-0.2, 0) is 9.59 Å². The molecule has 5 aliphatic carbocycles. The molecule has 30 heavy (non-hydrogen) atoms. The fourth-order valence-electron chi connectivity index (χ4n) is 8.37. The summed E-state index contributed by atoms with van der Waals surface area (Å²) in [6.07, 6.45) is 14.7. The molecule has 0 spiro atoms. The number of rotatable bonds is 0. The highest BCUT2D eigenvalue weighted by molar-refractivity contribution is 6.04. The summed E-state index contributed by atoms with van der Waals surface area (Å²) in [5.74, 6) is 1.38. The van der Waals surface area contributed by atoms with E-state index in [2.05, 4.69) is 53.7 Å². The first kappa shape index (κ1) is 20.2. The van der Waals surface area contributed by atoms with Crippen molar-refractivity contribution in [2.24, 2.45) is 33.5 Å². The summed E-state index contributed by atoms with van der Waals surface area (Å²) in [4.78, 5) is 25.1. The molecular formula is C28H36O2. The van der Waals surface area contributed by atoms with Crippen LogP contribution in [-0.4, -0.2) is 11.6 Å². The van der Waals surface area contributed by atoms with Crippen molar-refractivity contribution < 1.29 is 9.59 Å². The molecular weight excluding hydrogens is 368 g/mol. The van der Waals surface area contributed by atoms with Crippen molar-refractivity contribution >= 4 is 11.6 Å².